The number of carbonyl (C=O) groups excluding carboxylic acids is 2. The Morgan fingerprint density at radius 3 is 2.28 bits per heavy atom. The third-order valence-electron chi connectivity index (χ3n) is 3.27. The number of rotatable bonds is 1. The van der Waals surface area contributed by atoms with Crippen LogP contribution in [-0.4, -0.2) is 43.7 Å². The fourth-order valence-electron chi connectivity index (χ4n) is 2.36. The number of aromatic nitrogens is 3. The molecule has 2 amide bonds. The molecular weight excluding hydrogens is 234 g/mol. The van der Waals surface area contributed by atoms with E-state index in [1.807, 2.05) is 13.8 Å². The van der Waals surface area contributed by atoms with Crippen molar-refractivity contribution in [2.24, 2.45) is 0 Å². The molecule has 18 heavy (non-hydrogen) atoms. The molecule has 0 spiro atoms. The molecule has 1 aliphatic heterocycles. The number of nitrogens with one attached hydrogen (secondary N) is 1. The van der Waals surface area contributed by atoms with Gasteiger partial charge in [0.2, 0.25) is 0 Å². The molecule has 98 valence electrons. The SMILES string of the molecule is CC1CCCC(C)N1C(=O)C(=O)Nn1cnnc1. The van der Waals surface area contributed by atoms with Crippen LogP contribution >= 0.6 is 0 Å². The van der Waals surface area contributed by atoms with E-state index in [1.54, 1.807) is 4.90 Å². The molecule has 1 N–H and O–H groups in total. The van der Waals surface area contributed by atoms with Crippen LogP contribution in [0, 0.1) is 0 Å². The van der Waals surface area contributed by atoms with Crippen molar-refractivity contribution in [3.05, 3.63) is 12.7 Å². The van der Waals surface area contributed by atoms with Crippen LogP contribution < -0.4 is 5.43 Å². The van der Waals surface area contributed by atoms with E-state index in [4.69, 9.17) is 0 Å². The zero-order valence-corrected chi connectivity index (χ0v) is 10.5. The van der Waals surface area contributed by atoms with Gasteiger partial charge in [-0.15, -0.1) is 10.2 Å². The Kier molecular flexibility index (Phi) is 3.59. The van der Waals surface area contributed by atoms with Gasteiger partial charge in [-0.1, -0.05) is 0 Å². The van der Waals surface area contributed by atoms with Gasteiger partial charge in [-0.25, -0.2) is 4.68 Å². The van der Waals surface area contributed by atoms with Gasteiger partial charge >= 0.3 is 11.8 Å². The Labute approximate surface area is 105 Å². The van der Waals surface area contributed by atoms with Crippen LogP contribution in [0.15, 0.2) is 12.7 Å². The van der Waals surface area contributed by atoms with Crippen LogP contribution in [0.2, 0.25) is 0 Å². The molecule has 1 saturated heterocycles. The number of likely N-dealkylation sites (tertiary alicyclic amines) is 1. The minimum atomic E-state index is -0.657. The molecule has 0 saturated carbocycles. The van der Waals surface area contributed by atoms with Gasteiger partial charge in [0, 0.05) is 12.1 Å². The summed E-state index contributed by atoms with van der Waals surface area (Å²) in [6.45, 7) is 3.94. The number of piperidine rings is 1. The van der Waals surface area contributed by atoms with Crippen LogP contribution in [-0.2, 0) is 9.59 Å². The minimum Gasteiger partial charge on any atom is -0.329 e. The smallest absolute Gasteiger partial charge is 0.328 e. The predicted molar refractivity (Wildman–Crippen MR) is 64.0 cm³/mol. The van der Waals surface area contributed by atoms with Crippen molar-refractivity contribution >= 4 is 11.8 Å². The first-order valence-electron chi connectivity index (χ1n) is 6.08. The summed E-state index contributed by atoms with van der Waals surface area (Å²) in [7, 11) is 0. The van der Waals surface area contributed by atoms with Crippen molar-refractivity contribution < 1.29 is 9.59 Å². The fraction of sp³-hybridized carbons (Fsp3) is 0.636. The van der Waals surface area contributed by atoms with Gasteiger partial charge in [0.05, 0.1) is 0 Å². The quantitative estimate of drug-likeness (QED) is 0.720. The summed E-state index contributed by atoms with van der Waals surface area (Å²) in [6.07, 6.45) is 5.63. The lowest BCUT2D eigenvalue weighted by molar-refractivity contribution is -0.147. The Morgan fingerprint density at radius 1 is 1.17 bits per heavy atom. The van der Waals surface area contributed by atoms with Crippen molar-refractivity contribution in [2.75, 3.05) is 5.43 Å². The van der Waals surface area contributed by atoms with Gasteiger partial charge in [0.25, 0.3) is 0 Å². The molecule has 0 radical (unpaired) electrons. The van der Waals surface area contributed by atoms with Gasteiger partial charge in [0.15, 0.2) is 0 Å². The summed E-state index contributed by atoms with van der Waals surface area (Å²) in [5.41, 5.74) is 2.42. The van der Waals surface area contributed by atoms with Crippen molar-refractivity contribution in [3.63, 3.8) is 0 Å². The van der Waals surface area contributed by atoms with Gasteiger partial charge in [-0.05, 0) is 33.1 Å². The van der Waals surface area contributed by atoms with Crippen LogP contribution in [0.25, 0.3) is 0 Å². The number of amides is 2. The first kappa shape index (κ1) is 12.5. The first-order valence-corrected chi connectivity index (χ1v) is 6.08. The Morgan fingerprint density at radius 2 is 1.72 bits per heavy atom. The lowest BCUT2D eigenvalue weighted by atomic mass is 9.97. The highest BCUT2D eigenvalue weighted by atomic mass is 16.2. The molecule has 2 atom stereocenters. The summed E-state index contributed by atoms with van der Waals surface area (Å²) in [6, 6.07) is 0.209. The second kappa shape index (κ2) is 5.16. The molecule has 1 aliphatic rings. The van der Waals surface area contributed by atoms with Gasteiger partial charge < -0.3 is 4.90 Å². The lowest BCUT2D eigenvalue weighted by Gasteiger charge is -2.38. The van der Waals surface area contributed by atoms with Crippen LogP contribution in [0.4, 0.5) is 0 Å². The van der Waals surface area contributed by atoms with E-state index < -0.39 is 11.8 Å². The van der Waals surface area contributed by atoms with Gasteiger partial charge in [-0.2, -0.15) is 0 Å². The minimum absolute atomic E-state index is 0.105. The Bertz CT molecular complexity index is 421. The molecule has 2 unspecified atom stereocenters. The number of nitrogens with zero attached hydrogens (tertiary/aromatic N) is 4. The maximum atomic E-state index is 12.1. The normalized spacial score (nSPS) is 23.8. The largest absolute Gasteiger partial charge is 0.329 e. The maximum Gasteiger partial charge on any atom is 0.328 e. The zero-order chi connectivity index (χ0) is 13.1. The van der Waals surface area contributed by atoms with Crippen molar-refractivity contribution in [3.8, 4) is 0 Å². The summed E-state index contributed by atoms with van der Waals surface area (Å²) >= 11 is 0. The molecule has 7 nitrogen and oxygen atoms in total. The predicted octanol–water partition coefficient (Wildman–Crippen LogP) is 0.138. The molecule has 1 fully saturated rings. The number of hydrogen-bond acceptors (Lipinski definition) is 4. The standard InChI is InChI=1S/C11H17N5O2/c1-8-4-3-5-9(2)16(8)11(18)10(17)14-15-6-12-13-7-15/h6-9H,3-5H2,1-2H3,(H,14,17). The van der Waals surface area contributed by atoms with E-state index in [9.17, 15) is 9.59 Å². The van der Waals surface area contributed by atoms with E-state index in [2.05, 4.69) is 15.6 Å². The van der Waals surface area contributed by atoms with E-state index >= 15 is 0 Å². The van der Waals surface area contributed by atoms with Crippen molar-refractivity contribution in [1.29, 1.82) is 0 Å². The first-order chi connectivity index (χ1) is 8.59. The molecular formula is C11H17N5O2. The Hall–Kier alpha value is -1.92. The highest BCUT2D eigenvalue weighted by Gasteiger charge is 2.32. The molecule has 1 aromatic heterocycles. The highest BCUT2D eigenvalue weighted by molar-refractivity contribution is 6.38. The second-order valence-electron chi connectivity index (χ2n) is 4.65. The molecule has 2 heterocycles. The van der Waals surface area contributed by atoms with Crippen LogP contribution in [0.1, 0.15) is 33.1 Å². The van der Waals surface area contributed by atoms with Crippen molar-refractivity contribution in [1.82, 2.24) is 19.8 Å². The van der Waals surface area contributed by atoms with E-state index in [0.29, 0.717) is 0 Å². The Balaban J connectivity index is 2.03. The number of carbonyl (C=O) groups is 2. The third-order valence-corrected chi connectivity index (χ3v) is 3.27. The molecule has 0 aromatic carbocycles. The summed E-state index contributed by atoms with van der Waals surface area (Å²) in [5.74, 6) is -1.15. The summed E-state index contributed by atoms with van der Waals surface area (Å²) in [4.78, 5) is 25.6. The molecule has 2 rings (SSSR count). The molecule has 7 heteroatoms. The van der Waals surface area contributed by atoms with E-state index in [-0.39, 0.29) is 12.1 Å². The van der Waals surface area contributed by atoms with Gasteiger partial charge in [0.1, 0.15) is 12.7 Å². The molecule has 0 aliphatic carbocycles. The number of hydrogen-bond donors (Lipinski definition) is 1. The van der Waals surface area contributed by atoms with E-state index in [0.717, 1.165) is 19.3 Å². The third kappa shape index (κ3) is 2.49. The average molecular weight is 251 g/mol. The second-order valence-corrected chi connectivity index (χ2v) is 4.65. The van der Waals surface area contributed by atoms with Crippen molar-refractivity contribution in [2.45, 2.75) is 45.2 Å². The van der Waals surface area contributed by atoms with E-state index in [1.165, 1.54) is 17.3 Å². The molecule has 0 bridgehead atoms. The topological polar surface area (TPSA) is 80.1 Å². The fourth-order valence-corrected chi connectivity index (χ4v) is 2.36. The van der Waals surface area contributed by atoms with Crippen LogP contribution in [0.5, 0.6) is 0 Å². The molecule has 1 aromatic rings. The zero-order valence-electron chi connectivity index (χ0n) is 10.5. The lowest BCUT2D eigenvalue weighted by Crippen LogP contribution is -2.52. The maximum absolute atomic E-state index is 12.1. The van der Waals surface area contributed by atoms with Gasteiger partial charge in [-0.3, -0.25) is 15.0 Å². The average Bonchev–Trinajstić information content (AvgIpc) is 2.81. The summed E-state index contributed by atoms with van der Waals surface area (Å²) < 4.78 is 1.26. The summed E-state index contributed by atoms with van der Waals surface area (Å²) in [5, 5.41) is 7.10. The monoisotopic (exact) mass is 251 g/mol. The highest BCUT2D eigenvalue weighted by Crippen LogP contribution is 2.22. The van der Waals surface area contributed by atoms with Crippen LogP contribution in [0.3, 0.4) is 0 Å².